The van der Waals surface area contributed by atoms with Crippen molar-refractivity contribution in [3.63, 3.8) is 0 Å². The first-order valence-electron chi connectivity index (χ1n) is 7.99. The van der Waals surface area contributed by atoms with Crippen molar-refractivity contribution in [3.8, 4) is 0 Å². The molecular formula is C17H21N5O3S. The monoisotopic (exact) mass is 375 g/mol. The molecule has 2 aromatic rings. The van der Waals surface area contributed by atoms with Crippen molar-refractivity contribution in [2.45, 2.75) is 26.3 Å². The Bertz CT molecular complexity index is 786. The van der Waals surface area contributed by atoms with Gasteiger partial charge in [0.05, 0.1) is 17.7 Å². The van der Waals surface area contributed by atoms with E-state index in [1.165, 1.54) is 18.3 Å². The molecule has 8 nitrogen and oxygen atoms in total. The highest BCUT2D eigenvalue weighted by Crippen LogP contribution is 2.24. The molecule has 0 saturated carbocycles. The van der Waals surface area contributed by atoms with Gasteiger partial charge in [-0.15, -0.1) is 11.3 Å². The Hall–Kier alpha value is -2.78. The maximum absolute atomic E-state index is 11.2. The molecule has 0 atom stereocenters. The number of hydrogen-bond acceptors (Lipinski definition) is 6. The van der Waals surface area contributed by atoms with Crippen LogP contribution in [0.4, 0.5) is 15.6 Å². The van der Waals surface area contributed by atoms with Gasteiger partial charge >= 0.3 is 6.09 Å². The second-order valence-electron chi connectivity index (χ2n) is 5.47. The Morgan fingerprint density at radius 2 is 2.00 bits per heavy atom. The number of benzene rings is 1. The van der Waals surface area contributed by atoms with Crippen LogP contribution >= 0.6 is 11.3 Å². The summed E-state index contributed by atoms with van der Waals surface area (Å²) in [5, 5.41) is 17.0. The van der Waals surface area contributed by atoms with Gasteiger partial charge in [-0.1, -0.05) is 12.1 Å². The van der Waals surface area contributed by atoms with Crippen LogP contribution in [0.2, 0.25) is 0 Å². The van der Waals surface area contributed by atoms with Crippen LogP contribution in [0.1, 0.15) is 23.1 Å². The van der Waals surface area contributed by atoms with Gasteiger partial charge in [0.1, 0.15) is 0 Å². The number of aromatic nitrogens is 1. The average Bonchev–Trinajstić information content (AvgIpc) is 2.95. The van der Waals surface area contributed by atoms with Crippen molar-refractivity contribution in [1.29, 1.82) is 0 Å². The van der Waals surface area contributed by atoms with Crippen LogP contribution in [-0.2, 0) is 24.2 Å². The van der Waals surface area contributed by atoms with Crippen molar-refractivity contribution in [3.05, 3.63) is 40.4 Å². The zero-order valence-corrected chi connectivity index (χ0v) is 15.4. The van der Waals surface area contributed by atoms with Gasteiger partial charge < -0.3 is 15.7 Å². The quantitative estimate of drug-likeness (QED) is 0.418. The Kier molecular flexibility index (Phi) is 7.24. The summed E-state index contributed by atoms with van der Waals surface area (Å²) in [7, 11) is 1.88. The van der Waals surface area contributed by atoms with Crippen LogP contribution < -0.4 is 16.0 Å². The summed E-state index contributed by atoms with van der Waals surface area (Å²) in [6, 6.07) is 7.56. The number of nitrogens with zero attached hydrogens (tertiary/aromatic N) is 2. The molecule has 0 saturated heterocycles. The number of aliphatic imine (C=N–C) groups is 1. The summed E-state index contributed by atoms with van der Waals surface area (Å²) in [6.07, 6.45) is 1.55. The third-order valence-electron chi connectivity index (χ3n) is 3.39. The zero-order valence-electron chi connectivity index (χ0n) is 14.6. The fourth-order valence-corrected chi connectivity index (χ4v) is 3.32. The largest absolute Gasteiger partial charge is 0.465 e. The molecule has 26 heavy (non-hydrogen) atoms. The van der Waals surface area contributed by atoms with E-state index in [4.69, 9.17) is 5.11 Å². The summed E-state index contributed by atoms with van der Waals surface area (Å²) in [4.78, 5) is 31.2. The number of carbonyl (C=O) groups is 2. The van der Waals surface area contributed by atoms with E-state index in [0.717, 1.165) is 35.3 Å². The number of nitrogens with one attached hydrogen (secondary N) is 3. The lowest BCUT2D eigenvalue weighted by Crippen LogP contribution is -2.17. The minimum Gasteiger partial charge on any atom is -0.465 e. The molecule has 2 rings (SSSR count). The van der Waals surface area contributed by atoms with Crippen molar-refractivity contribution >= 4 is 40.5 Å². The molecule has 0 aliphatic rings. The first kappa shape index (κ1) is 19.5. The lowest BCUT2D eigenvalue weighted by Gasteiger charge is -2.03. The topological polar surface area (TPSA) is 116 Å². The summed E-state index contributed by atoms with van der Waals surface area (Å²) in [6.45, 7) is 2.17. The third-order valence-corrected chi connectivity index (χ3v) is 4.40. The normalized spacial score (nSPS) is 10.8. The molecule has 4 N–H and O–H groups in total. The smallest absolute Gasteiger partial charge is 0.409 e. The van der Waals surface area contributed by atoms with Gasteiger partial charge in [-0.25, -0.2) is 14.8 Å². The molecule has 1 aromatic heterocycles. The van der Waals surface area contributed by atoms with Gasteiger partial charge in [0.25, 0.3) is 0 Å². The number of rotatable bonds is 8. The lowest BCUT2D eigenvalue weighted by atomic mass is 10.1. The van der Waals surface area contributed by atoms with Crippen LogP contribution in [0.5, 0.6) is 0 Å². The minimum atomic E-state index is -1.15. The number of amides is 2. The molecule has 9 heteroatoms. The van der Waals surface area contributed by atoms with E-state index in [1.54, 1.807) is 0 Å². The standard InChI is InChI=1S/C17H21N5O3S/c1-11(23)21-16-22-14(15(26-16)9-18-2)8-5-12-3-6-13(7-4-12)19-10-20-17(24)25/h3-4,6-7,10,18H,5,8-9H2,1-2H3,(H,19,20)(H,24,25)(H,21,22,23). The first-order valence-corrected chi connectivity index (χ1v) is 8.81. The van der Waals surface area contributed by atoms with Gasteiger partial charge in [-0.3, -0.25) is 10.1 Å². The van der Waals surface area contributed by atoms with Crippen LogP contribution in [0.3, 0.4) is 0 Å². The van der Waals surface area contributed by atoms with Crippen molar-refractivity contribution in [2.75, 3.05) is 12.4 Å². The molecular weight excluding hydrogens is 354 g/mol. The van der Waals surface area contributed by atoms with Gasteiger partial charge in [-0.05, 0) is 37.6 Å². The molecule has 0 bridgehead atoms. The van der Waals surface area contributed by atoms with Crippen molar-refractivity contribution < 1.29 is 14.7 Å². The number of carboxylic acid groups (broad SMARTS) is 1. The summed E-state index contributed by atoms with van der Waals surface area (Å²) in [5.41, 5.74) is 2.76. The number of carbonyl (C=O) groups excluding carboxylic acids is 1. The lowest BCUT2D eigenvalue weighted by molar-refractivity contribution is -0.114. The molecule has 0 radical (unpaired) electrons. The van der Waals surface area contributed by atoms with Gasteiger partial charge in [0.2, 0.25) is 5.91 Å². The summed E-state index contributed by atoms with van der Waals surface area (Å²) >= 11 is 1.48. The Labute approximate surface area is 155 Å². The van der Waals surface area contributed by atoms with Gasteiger partial charge in [-0.2, -0.15) is 0 Å². The first-order chi connectivity index (χ1) is 12.5. The fourth-order valence-electron chi connectivity index (χ4n) is 2.25. The Morgan fingerprint density at radius 1 is 1.27 bits per heavy atom. The van der Waals surface area contributed by atoms with Gasteiger partial charge in [0, 0.05) is 18.3 Å². The van der Waals surface area contributed by atoms with Gasteiger partial charge in [0.15, 0.2) is 5.13 Å². The van der Waals surface area contributed by atoms with E-state index in [0.29, 0.717) is 17.4 Å². The van der Waals surface area contributed by atoms with E-state index in [1.807, 2.05) is 31.3 Å². The summed E-state index contributed by atoms with van der Waals surface area (Å²) in [5.74, 6) is -0.130. The van der Waals surface area contributed by atoms with Crippen LogP contribution in [0.15, 0.2) is 29.3 Å². The maximum atomic E-state index is 11.2. The van der Waals surface area contributed by atoms with E-state index in [9.17, 15) is 9.59 Å². The maximum Gasteiger partial charge on any atom is 0.409 e. The second kappa shape index (κ2) is 9.64. The number of hydrogen-bond donors (Lipinski definition) is 4. The minimum absolute atomic E-state index is 0.130. The highest BCUT2D eigenvalue weighted by atomic mass is 32.1. The number of anilines is 1. The van der Waals surface area contributed by atoms with E-state index < -0.39 is 6.09 Å². The predicted molar refractivity (Wildman–Crippen MR) is 102 cm³/mol. The van der Waals surface area contributed by atoms with Crippen LogP contribution in [0, 0.1) is 0 Å². The Balaban J connectivity index is 1.99. The third kappa shape index (κ3) is 6.26. The molecule has 0 aliphatic heterocycles. The molecule has 1 heterocycles. The predicted octanol–water partition coefficient (Wildman–Crippen LogP) is 2.53. The zero-order chi connectivity index (χ0) is 18.9. The van der Waals surface area contributed by atoms with Crippen LogP contribution in [0.25, 0.3) is 0 Å². The summed E-state index contributed by atoms with van der Waals surface area (Å²) < 4.78 is 0. The number of aryl methyl sites for hydroxylation is 2. The Morgan fingerprint density at radius 3 is 2.62 bits per heavy atom. The highest BCUT2D eigenvalue weighted by Gasteiger charge is 2.11. The molecule has 0 fully saturated rings. The van der Waals surface area contributed by atoms with E-state index in [-0.39, 0.29) is 5.91 Å². The van der Waals surface area contributed by atoms with Crippen molar-refractivity contribution in [1.82, 2.24) is 15.6 Å². The van der Waals surface area contributed by atoms with E-state index in [2.05, 4.69) is 25.9 Å². The SMILES string of the molecule is CNCc1sc(NC(C)=O)nc1CCc1ccc(N=CNC(=O)O)cc1. The fraction of sp³-hybridized carbons (Fsp3) is 0.294. The molecule has 0 unspecified atom stereocenters. The van der Waals surface area contributed by atoms with Crippen molar-refractivity contribution in [2.24, 2.45) is 4.99 Å². The van der Waals surface area contributed by atoms with E-state index >= 15 is 0 Å². The molecule has 0 spiro atoms. The molecule has 0 aliphatic carbocycles. The molecule has 138 valence electrons. The highest BCUT2D eigenvalue weighted by molar-refractivity contribution is 7.15. The number of thiazole rings is 1. The second-order valence-corrected chi connectivity index (χ2v) is 6.56. The molecule has 2 amide bonds. The van der Waals surface area contributed by atoms with Crippen LogP contribution in [-0.4, -0.2) is 35.5 Å². The average molecular weight is 375 g/mol. The molecule has 1 aromatic carbocycles.